The molecule has 2 aromatic carbocycles. The summed E-state index contributed by atoms with van der Waals surface area (Å²) >= 11 is 0. The van der Waals surface area contributed by atoms with Crippen LogP contribution in [-0.4, -0.2) is 41.0 Å². The molecule has 3 aromatic rings. The molecule has 0 amide bonds. The Morgan fingerprint density at radius 3 is 2.19 bits per heavy atom. The van der Waals surface area contributed by atoms with Crippen LogP contribution in [0.1, 0.15) is 23.6 Å². The molecular formula is C23H27N3O. The van der Waals surface area contributed by atoms with Gasteiger partial charge in [0.25, 0.3) is 5.56 Å². The summed E-state index contributed by atoms with van der Waals surface area (Å²) in [5, 5.41) is 1.13. The number of pyridine rings is 1. The van der Waals surface area contributed by atoms with Crippen molar-refractivity contribution in [2.75, 3.05) is 26.2 Å². The van der Waals surface area contributed by atoms with Crippen molar-refractivity contribution in [2.24, 2.45) is 0 Å². The first-order valence-corrected chi connectivity index (χ1v) is 9.85. The van der Waals surface area contributed by atoms with Crippen LogP contribution in [0.3, 0.4) is 0 Å². The average molecular weight is 361 g/mol. The topological polar surface area (TPSA) is 39.3 Å². The van der Waals surface area contributed by atoms with Crippen LogP contribution < -0.4 is 5.56 Å². The zero-order chi connectivity index (χ0) is 18.6. The first-order valence-electron chi connectivity index (χ1n) is 9.85. The van der Waals surface area contributed by atoms with Crippen molar-refractivity contribution in [3.8, 4) is 0 Å². The molecule has 4 heteroatoms. The minimum atomic E-state index is 0.0345. The van der Waals surface area contributed by atoms with Gasteiger partial charge in [-0.25, -0.2) is 0 Å². The van der Waals surface area contributed by atoms with Gasteiger partial charge in [0.1, 0.15) is 0 Å². The lowest BCUT2D eigenvalue weighted by Gasteiger charge is -2.34. The van der Waals surface area contributed by atoms with E-state index in [1.54, 1.807) is 0 Å². The van der Waals surface area contributed by atoms with Crippen LogP contribution in [-0.2, 0) is 19.5 Å². The molecule has 0 spiro atoms. The highest BCUT2D eigenvalue weighted by atomic mass is 16.1. The van der Waals surface area contributed by atoms with Gasteiger partial charge in [-0.15, -0.1) is 0 Å². The zero-order valence-electron chi connectivity index (χ0n) is 15.9. The molecule has 0 atom stereocenters. The first kappa shape index (κ1) is 18.0. The fraction of sp³-hybridized carbons (Fsp3) is 0.348. The molecule has 0 aliphatic carbocycles. The molecule has 1 aliphatic rings. The number of nitrogens with zero attached hydrogens (tertiary/aromatic N) is 2. The van der Waals surface area contributed by atoms with Crippen LogP contribution >= 0.6 is 0 Å². The third-order valence-corrected chi connectivity index (χ3v) is 5.49. The molecule has 2 heterocycles. The number of aromatic nitrogens is 1. The Kier molecular flexibility index (Phi) is 5.37. The van der Waals surface area contributed by atoms with Gasteiger partial charge in [-0.1, -0.05) is 43.3 Å². The summed E-state index contributed by atoms with van der Waals surface area (Å²) in [6, 6.07) is 19.1. The van der Waals surface area contributed by atoms with E-state index in [1.807, 2.05) is 19.1 Å². The second-order valence-electron chi connectivity index (χ2n) is 7.44. The van der Waals surface area contributed by atoms with Crippen LogP contribution in [0.4, 0.5) is 0 Å². The lowest BCUT2D eigenvalue weighted by molar-refractivity contribution is 0.122. The van der Waals surface area contributed by atoms with Gasteiger partial charge in [0, 0.05) is 50.3 Å². The summed E-state index contributed by atoms with van der Waals surface area (Å²) in [7, 11) is 0. The molecule has 27 heavy (non-hydrogen) atoms. The monoisotopic (exact) mass is 361 g/mol. The van der Waals surface area contributed by atoms with Crippen LogP contribution in [0.15, 0.2) is 59.4 Å². The number of rotatable bonds is 5. The minimum absolute atomic E-state index is 0.0345. The van der Waals surface area contributed by atoms with E-state index in [2.05, 4.69) is 57.2 Å². The fourth-order valence-electron chi connectivity index (χ4n) is 3.87. The van der Waals surface area contributed by atoms with Crippen LogP contribution in [0.2, 0.25) is 0 Å². The molecule has 140 valence electrons. The van der Waals surface area contributed by atoms with Gasteiger partial charge in [0.15, 0.2) is 0 Å². The second-order valence-corrected chi connectivity index (χ2v) is 7.44. The Labute approximate surface area is 160 Å². The van der Waals surface area contributed by atoms with Gasteiger partial charge >= 0.3 is 0 Å². The van der Waals surface area contributed by atoms with Crippen LogP contribution in [0, 0.1) is 0 Å². The van der Waals surface area contributed by atoms with Gasteiger partial charge in [0.05, 0.1) is 0 Å². The first-order chi connectivity index (χ1) is 13.2. The largest absolute Gasteiger partial charge is 0.322 e. The number of aryl methyl sites for hydroxylation is 1. The maximum Gasteiger partial charge on any atom is 0.251 e. The molecule has 1 N–H and O–H groups in total. The SMILES string of the molecule is CCc1cc2cc(CN3CCN(Cc4ccccc4)CC3)ccc2[nH]c1=O. The van der Waals surface area contributed by atoms with E-state index in [0.29, 0.717) is 0 Å². The number of piperazine rings is 1. The maximum atomic E-state index is 12.0. The Bertz CT molecular complexity index is 956. The number of aromatic amines is 1. The highest BCUT2D eigenvalue weighted by Gasteiger charge is 2.17. The fourth-order valence-corrected chi connectivity index (χ4v) is 3.87. The number of hydrogen-bond donors (Lipinski definition) is 1. The van der Waals surface area contributed by atoms with Gasteiger partial charge < -0.3 is 4.98 Å². The van der Waals surface area contributed by atoms with Gasteiger partial charge in [-0.2, -0.15) is 0 Å². The zero-order valence-corrected chi connectivity index (χ0v) is 15.9. The number of benzene rings is 2. The predicted octanol–water partition coefficient (Wildman–Crippen LogP) is 3.41. The van der Waals surface area contributed by atoms with E-state index in [1.165, 1.54) is 11.1 Å². The van der Waals surface area contributed by atoms with Crippen molar-refractivity contribution in [2.45, 2.75) is 26.4 Å². The van der Waals surface area contributed by atoms with Crippen LogP contribution in [0.5, 0.6) is 0 Å². The van der Waals surface area contributed by atoms with Crippen molar-refractivity contribution in [3.05, 3.63) is 81.6 Å². The molecule has 1 aliphatic heterocycles. The van der Waals surface area contributed by atoms with Gasteiger partial charge in [-0.05, 0) is 41.1 Å². The number of nitrogens with one attached hydrogen (secondary N) is 1. The van der Waals surface area contributed by atoms with E-state index in [0.717, 1.165) is 62.2 Å². The smallest absolute Gasteiger partial charge is 0.251 e. The molecule has 0 unspecified atom stereocenters. The van der Waals surface area contributed by atoms with Gasteiger partial charge in [-0.3, -0.25) is 14.6 Å². The summed E-state index contributed by atoms with van der Waals surface area (Å²) in [4.78, 5) is 20.0. The lowest BCUT2D eigenvalue weighted by Crippen LogP contribution is -2.45. The number of fused-ring (bicyclic) bond motifs is 1. The summed E-state index contributed by atoms with van der Waals surface area (Å²) in [5.74, 6) is 0. The Balaban J connectivity index is 1.38. The summed E-state index contributed by atoms with van der Waals surface area (Å²) in [6.07, 6.45) is 0.763. The lowest BCUT2D eigenvalue weighted by atomic mass is 10.1. The van der Waals surface area contributed by atoms with Crippen LogP contribution in [0.25, 0.3) is 10.9 Å². The molecule has 0 bridgehead atoms. The molecule has 4 nitrogen and oxygen atoms in total. The molecule has 4 rings (SSSR count). The Morgan fingerprint density at radius 2 is 1.52 bits per heavy atom. The van der Waals surface area contributed by atoms with Crippen molar-refractivity contribution in [3.63, 3.8) is 0 Å². The molecule has 0 radical (unpaired) electrons. The van der Waals surface area contributed by atoms with E-state index in [-0.39, 0.29) is 5.56 Å². The highest BCUT2D eigenvalue weighted by Crippen LogP contribution is 2.17. The summed E-state index contributed by atoms with van der Waals surface area (Å²) in [5.41, 5.74) is 4.52. The minimum Gasteiger partial charge on any atom is -0.322 e. The molecule has 0 saturated carbocycles. The average Bonchev–Trinajstić information content (AvgIpc) is 2.70. The molecular weight excluding hydrogens is 334 g/mol. The van der Waals surface area contributed by atoms with Crippen molar-refractivity contribution < 1.29 is 0 Å². The van der Waals surface area contributed by atoms with Gasteiger partial charge in [0.2, 0.25) is 0 Å². The molecule has 1 saturated heterocycles. The number of hydrogen-bond acceptors (Lipinski definition) is 3. The van der Waals surface area contributed by atoms with E-state index in [9.17, 15) is 4.79 Å². The quantitative estimate of drug-likeness (QED) is 0.757. The Morgan fingerprint density at radius 1 is 0.852 bits per heavy atom. The third kappa shape index (κ3) is 4.29. The summed E-state index contributed by atoms with van der Waals surface area (Å²) in [6.45, 7) is 8.43. The molecule has 1 aromatic heterocycles. The number of H-pyrrole nitrogens is 1. The van der Waals surface area contributed by atoms with E-state index < -0.39 is 0 Å². The van der Waals surface area contributed by atoms with E-state index in [4.69, 9.17) is 0 Å². The van der Waals surface area contributed by atoms with E-state index >= 15 is 0 Å². The molecule has 1 fully saturated rings. The normalized spacial score (nSPS) is 16.0. The standard InChI is InChI=1S/C23H27N3O/c1-2-20-15-21-14-19(8-9-22(21)24-23(20)27)17-26-12-10-25(11-13-26)16-18-6-4-3-5-7-18/h3-9,14-15H,2,10-13,16-17H2,1H3,(H,24,27). The second kappa shape index (κ2) is 8.07. The predicted molar refractivity (Wildman–Crippen MR) is 111 cm³/mol. The third-order valence-electron chi connectivity index (χ3n) is 5.49. The Hall–Kier alpha value is -2.43. The summed E-state index contributed by atoms with van der Waals surface area (Å²) < 4.78 is 0. The maximum absolute atomic E-state index is 12.0. The highest BCUT2D eigenvalue weighted by molar-refractivity contribution is 5.79. The van der Waals surface area contributed by atoms with Crippen molar-refractivity contribution >= 4 is 10.9 Å². The van der Waals surface area contributed by atoms with Crippen molar-refractivity contribution in [1.29, 1.82) is 0 Å². The van der Waals surface area contributed by atoms with Crippen molar-refractivity contribution in [1.82, 2.24) is 14.8 Å².